The molecule has 2 heterocycles. The fraction of sp³-hybridized carbons (Fsp3) is 0.429. The molecular formula is C14H16O5. The lowest BCUT2D eigenvalue weighted by Gasteiger charge is -2.32. The van der Waals surface area contributed by atoms with Crippen LogP contribution in [-0.4, -0.2) is 38.5 Å². The largest absolute Gasteiger partial charge is 0.454 e. The molecule has 1 fully saturated rings. The van der Waals surface area contributed by atoms with Crippen molar-refractivity contribution in [2.45, 2.75) is 18.7 Å². The maximum Gasteiger partial charge on any atom is 0.263 e. The summed E-state index contributed by atoms with van der Waals surface area (Å²) < 4.78 is 27.8. The number of para-hydroxylation sites is 2. The molecule has 0 amide bonds. The molecule has 2 aliphatic rings. The first-order valence-corrected chi connectivity index (χ1v) is 6.25. The van der Waals surface area contributed by atoms with Crippen molar-refractivity contribution in [3.05, 3.63) is 36.9 Å². The molecule has 102 valence electrons. The molecule has 5 nitrogen and oxygen atoms in total. The Hall–Kier alpha value is -1.56. The lowest BCUT2D eigenvalue weighted by Crippen LogP contribution is -2.44. The monoisotopic (exact) mass is 264 g/mol. The fourth-order valence-corrected chi connectivity index (χ4v) is 1.76. The van der Waals surface area contributed by atoms with Gasteiger partial charge >= 0.3 is 0 Å². The molecule has 3 rings (SSSR count). The first-order valence-electron chi connectivity index (χ1n) is 6.25. The van der Waals surface area contributed by atoms with Crippen LogP contribution in [0.25, 0.3) is 0 Å². The van der Waals surface area contributed by atoms with Gasteiger partial charge in [-0.1, -0.05) is 18.2 Å². The van der Waals surface area contributed by atoms with Crippen LogP contribution < -0.4 is 9.47 Å². The summed E-state index contributed by atoms with van der Waals surface area (Å²) in [6.07, 6.45) is 0.622. The van der Waals surface area contributed by atoms with E-state index < -0.39 is 12.6 Å². The van der Waals surface area contributed by atoms with Crippen LogP contribution in [-0.2, 0) is 14.2 Å². The van der Waals surface area contributed by atoms with Gasteiger partial charge in [-0.25, -0.2) is 0 Å². The van der Waals surface area contributed by atoms with Crippen LogP contribution in [0.1, 0.15) is 0 Å². The number of hydrogen-bond donors (Lipinski definition) is 0. The second kappa shape index (κ2) is 5.61. The Morgan fingerprint density at radius 1 is 1.16 bits per heavy atom. The molecule has 0 N–H and O–H groups in total. The Labute approximate surface area is 111 Å². The summed E-state index contributed by atoms with van der Waals surface area (Å²) in [6, 6.07) is 7.43. The number of hydrogen-bond acceptors (Lipinski definition) is 5. The van der Waals surface area contributed by atoms with Crippen molar-refractivity contribution in [1.82, 2.24) is 0 Å². The summed E-state index contributed by atoms with van der Waals surface area (Å²) in [5.41, 5.74) is 0. The molecule has 0 spiro atoms. The van der Waals surface area contributed by atoms with Gasteiger partial charge in [0, 0.05) is 0 Å². The fourth-order valence-electron chi connectivity index (χ4n) is 1.76. The van der Waals surface area contributed by atoms with Gasteiger partial charge in [-0.2, -0.15) is 0 Å². The minimum absolute atomic E-state index is 0.167. The molecule has 19 heavy (non-hydrogen) atoms. The highest BCUT2D eigenvalue weighted by atomic mass is 16.8. The van der Waals surface area contributed by atoms with Gasteiger partial charge in [0.05, 0.1) is 19.8 Å². The molecular weight excluding hydrogens is 248 g/mol. The first-order chi connectivity index (χ1) is 9.36. The molecule has 3 atom stereocenters. The van der Waals surface area contributed by atoms with Crippen molar-refractivity contribution in [1.29, 1.82) is 0 Å². The van der Waals surface area contributed by atoms with Crippen LogP contribution in [0, 0.1) is 0 Å². The number of ether oxygens (including phenoxy) is 5. The molecule has 0 aliphatic carbocycles. The molecule has 0 saturated carbocycles. The Morgan fingerprint density at radius 2 is 1.79 bits per heavy atom. The Kier molecular flexibility index (Phi) is 3.68. The second-order valence-electron chi connectivity index (χ2n) is 4.33. The number of benzene rings is 1. The molecule has 3 unspecified atom stereocenters. The zero-order valence-electron chi connectivity index (χ0n) is 10.5. The van der Waals surface area contributed by atoms with Gasteiger partial charge in [-0.05, 0) is 12.1 Å². The van der Waals surface area contributed by atoms with E-state index in [-0.39, 0.29) is 6.10 Å². The summed E-state index contributed by atoms with van der Waals surface area (Å²) in [5, 5.41) is 0. The SMILES string of the molecule is C=CCOC1Oc2ccccc2OC1OCC1CO1. The zero-order chi connectivity index (χ0) is 13.1. The van der Waals surface area contributed by atoms with E-state index in [1.165, 1.54) is 0 Å². The third-order valence-electron chi connectivity index (χ3n) is 2.78. The van der Waals surface area contributed by atoms with Crippen molar-refractivity contribution in [2.75, 3.05) is 19.8 Å². The second-order valence-corrected chi connectivity index (χ2v) is 4.33. The summed E-state index contributed by atoms with van der Waals surface area (Å²) in [7, 11) is 0. The van der Waals surface area contributed by atoms with E-state index in [2.05, 4.69) is 6.58 Å². The van der Waals surface area contributed by atoms with E-state index in [1.54, 1.807) is 6.08 Å². The van der Waals surface area contributed by atoms with Crippen molar-refractivity contribution in [3.8, 4) is 11.5 Å². The maximum atomic E-state index is 5.76. The van der Waals surface area contributed by atoms with E-state index in [1.807, 2.05) is 24.3 Å². The smallest absolute Gasteiger partial charge is 0.263 e. The Bertz CT molecular complexity index is 443. The van der Waals surface area contributed by atoms with E-state index in [0.29, 0.717) is 24.7 Å². The normalized spacial score (nSPS) is 27.9. The van der Waals surface area contributed by atoms with Gasteiger partial charge in [-0.15, -0.1) is 6.58 Å². The molecule has 1 aromatic rings. The predicted molar refractivity (Wildman–Crippen MR) is 67.1 cm³/mol. The highest BCUT2D eigenvalue weighted by molar-refractivity contribution is 5.40. The third kappa shape index (κ3) is 3.07. The van der Waals surface area contributed by atoms with E-state index in [0.717, 1.165) is 6.61 Å². The maximum absolute atomic E-state index is 5.76. The Balaban J connectivity index is 1.68. The van der Waals surface area contributed by atoms with E-state index in [9.17, 15) is 0 Å². The predicted octanol–water partition coefficient (Wildman–Crippen LogP) is 1.73. The molecule has 0 aromatic heterocycles. The van der Waals surface area contributed by atoms with Crippen LogP contribution in [0.3, 0.4) is 0 Å². The third-order valence-corrected chi connectivity index (χ3v) is 2.78. The molecule has 0 bridgehead atoms. The quantitative estimate of drug-likeness (QED) is 0.578. The van der Waals surface area contributed by atoms with Crippen LogP contribution in [0.2, 0.25) is 0 Å². The van der Waals surface area contributed by atoms with Crippen LogP contribution in [0.4, 0.5) is 0 Å². The first kappa shape index (κ1) is 12.5. The molecule has 1 aromatic carbocycles. The summed E-state index contributed by atoms with van der Waals surface area (Å²) in [5.74, 6) is 1.31. The lowest BCUT2D eigenvalue weighted by atomic mass is 10.3. The van der Waals surface area contributed by atoms with Crippen LogP contribution >= 0.6 is 0 Å². The van der Waals surface area contributed by atoms with Crippen molar-refractivity contribution in [2.24, 2.45) is 0 Å². The molecule has 0 radical (unpaired) electrons. The molecule has 5 heteroatoms. The lowest BCUT2D eigenvalue weighted by molar-refractivity contribution is -0.239. The number of fused-ring (bicyclic) bond motifs is 1. The van der Waals surface area contributed by atoms with Gasteiger partial charge in [-0.3, -0.25) is 0 Å². The summed E-state index contributed by atoms with van der Waals surface area (Å²) in [4.78, 5) is 0. The summed E-state index contributed by atoms with van der Waals surface area (Å²) >= 11 is 0. The van der Waals surface area contributed by atoms with Crippen molar-refractivity contribution in [3.63, 3.8) is 0 Å². The van der Waals surface area contributed by atoms with Crippen LogP contribution in [0.15, 0.2) is 36.9 Å². The topological polar surface area (TPSA) is 49.5 Å². The van der Waals surface area contributed by atoms with Crippen LogP contribution in [0.5, 0.6) is 11.5 Å². The summed E-state index contributed by atoms with van der Waals surface area (Å²) in [6.45, 7) is 5.20. The van der Waals surface area contributed by atoms with Gasteiger partial charge in [0.1, 0.15) is 6.10 Å². The van der Waals surface area contributed by atoms with Gasteiger partial charge < -0.3 is 23.7 Å². The molecule has 1 saturated heterocycles. The van der Waals surface area contributed by atoms with Crippen molar-refractivity contribution < 1.29 is 23.7 Å². The van der Waals surface area contributed by atoms with Gasteiger partial charge in [0.25, 0.3) is 12.6 Å². The number of epoxide rings is 1. The van der Waals surface area contributed by atoms with Gasteiger partial charge in [0.15, 0.2) is 11.5 Å². The molecule has 2 aliphatic heterocycles. The van der Waals surface area contributed by atoms with Crippen molar-refractivity contribution >= 4 is 0 Å². The van der Waals surface area contributed by atoms with E-state index >= 15 is 0 Å². The number of rotatable bonds is 6. The zero-order valence-corrected chi connectivity index (χ0v) is 10.5. The highest BCUT2D eigenvalue weighted by Gasteiger charge is 2.35. The van der Waals surface area contributed by atoms with Gasteiger partial charge in [0.2, 0.25) is 0 Å². The minimum atomic E-state index is -0.605. The standard InChI is InChI=1S/C14H16O5/c1-2-7-15-13-14(17-9-10-8-16-10)19-12-6-4-3-5-11(12)18-13/h2-6,10,13-14H,1,7-9H2. The minimum Gasteiger partial charge on any atom is -0.454 e. The average Bonchev–Trinajstić information content (AvgIpc) is 3.26. The Morgan fingerprint density at radius 3 is 2.37 bits per heavy atom. The average molecular weight is 264 g/mol. The van der Waals surface area contributed by atoms with E-state index in [4.69, 9.17) is 23.7 Å². The highest BCUT2D eigenvalue weighted by Crippen LogP contribution is 2.34.